The zero-order valence-electron chi connectivity index (χ0n) is 19.0. The van der Waals surface area contributed by atoms with Gasteiger partial charge in [0, 0.05) is 6.54 Å². The topological polar surface area (TPSA) is 235 Å². The number of aliphatic hydroxyl groups is 1. The molecule has 0 spiro atoms. The number of aliphatic hydroxyl groups excluding tert-OH is 1. The molecule has 6 unspecified atom stereocenters. The lowest BCUT2D eigenvalue weighted by Crippen LogP contribution is -2.57. The van der Waals surface area contributed by atoms with Crippen molar-refractivity contribution in [3.05, 3.63) is 0 Å². The molecule has 0 saturated heterocycles. The minimum Gasteiger partial charge on any atom is -0.480 e. The fourth-order valence-electron chi connectivity index (χ4n) is 2.60. The summed E-state index contributed by atoms with van der Waals surface area (Å²) in [6, 6.07) is -4.51. The SMILES string of the molecule is CCC(C)C(N)C(=O)NC(CCCN=C(N)N)C(=O)NC(C)C(=O)NC(C(=O)O)C(C)O. The van der Waals surface area contributed by atoms with Crippen molar-refractivity contribution in [1.29, 1.82) is 0 Å². The first-order valence-corrected chi connectivity index (χ1v) is 10.4. The van der Waals surface area contributed by atoms with Gasteiger partial charge in [-0.25, -0.2) is 4.79 Å². The summed E-state index contributed by atoms with van der Waals surface area (Å²) in [4.78, 5) is 52.4. The van der Waals surface area contributed by atoms with Crippen molar-refractivity contribution >= 4 is 29.7 Å². The molecule has 0 bridgehead atoms. The lowest BCUT2D eigenvalue weighted by Gasteiger charge is -2.25. The highest BCUT2D eigenvalue weighted by Gasteiger charge is 2.30. The van der Waals surface area contributed by atoms with Crippen LogP contribution in [0.25, 0.3) is 0 Å². The Morgan fingerprint density at radius 3 is 2.03 bits per heavy atom. The van der Waals surface area contributed by atoms with Gasteiger partial charge in [0.05, 0.1) is 12.1 Å². The van der Waals surface area contributed by atoms with Gasteiger partial charge in [-0.1, -0.05) is 20.3 Å². The average molecular weight is 460 g/mol. The molecular formula is C19H37N7O6. The number of carbonyl (C=O) groups excluding carboxylic acids is 3. The van der Waals surface area contributed by atoms with Gasteiger partial charge in [-0.2, -0.15) is 0 Å². The molecule has 0 heterocycles. The number of carboxylic acid groups (broad SMARTS) is 1. The van der Waals surface area contributed by atoms with Gasteiger partial charge in [0.25, 0.3) is 0 Å². The third-order valence-electron chi connectivity index (χ3n) is 4.94. The van der Waals surface area contributed by atoms with Crippen LogP contribution in [0.5, 0.6) is 0 Å². The number of guanidine groups is 1. The molecule has 3 amide bonds. The second kappa shape index (κ2) is 14.2. The number of hydrogen-bond donors (Lipinski definition) is 8. The van der Waals surface area contributed by atoms with Gasteiger partial charge < -0.3 is 43.4 Å². The predicted octanol–water partition coefficient (Wildman–Crippen LogP) is -2.65. The van der Waals surface area contributed by atoms with Crippen LogP contribution < -0.4 is 33.2 Å². The zero-order valence-corrected chi connectivity index (χ0v) is 19.0. The predicted molar refractivity (Wildman–Crippen MR) is 118 cm³/mol. The van der Waals surface area contributed by atoms with Crippen molar-refractivity contribution in [3.8, 4) is 0 Å². The summed E-state index contributed by atoms with van der Waals surface area (Å²) in [7, 11) is 0. The smallest absolute Gasteiger partial charge is 0.328 e. The Hall–Kier alpha value is -2.93. The van der Waals surface area contributed by atoms with Crippen molar-refractivity contribution in [2.45, 2.75) is 77.2 Å². The third kappa shape index (κ3) is 10.4. The first kappa shape index (κ1) is 29.1. The largest absolute Gasteiger partial charge is 0.480 e. The standard InChI is InChI=1S/C19H37N7O6/c1-5-9(2)13(20)17(30)25-12(7-6-8-23-19(21)22)16(29)24-10(3)15(28)26-14(11(4)27)18(31)32/h9-14,27H,5-8,20H2,1-4H3,(H,24,29)(H,25,30)(H,26,28)(H,31,32)(H4,21,22,23). The maximum Gasteiger partial charge on any atom is 0.328 e. The highest BCUT2D eigenvalue weighted by Crippen LogP contribution is 2.07. The second-order valence-electron chi connectivity index (χ2n) is 7.72. The molecule has 0 aromatic rings. The minimum atomic E-state index is -1.54. The molecule has 0 radical (unpaired) electrons. The van der Waals surface area contributed by atoms with Crippen LogP contribution in [-0.4, -0.2) is 76.7 Å². The molecule has 6 atom stereocenters. The molecule has 0 aliphatic rings. The van der Waals surface area contributed by atoms with E-state index in [1.807, 2.05) is 13.8 Å². The summed E-state index contributed by atoms with van der Waals surface area (Å²) < 4.78 is 0. The Bertz CT molecular complexity index is 681. The Kier molecular flexibility index (Phi) is 12.9. The van der Waals surface area contributed by atoms with Crippen LogP contribution >= 0.6 is 0 Å². The van der Waals surface area contributed by atoms with Crippen molar-refractivity contribution in [3.63, 3.8) is 0 Å². The van der Waals surface area contributed by atoms with E-state index in [0.29, 0.717) is 12.8 Å². The van der Waals surface area contributed by atoms with Crippen LogP contribution in [0.3, 0.4) is 0 Å². The second-order valence-corrected chi connectivity index (χ2v) is 7.72. The first-order valence-electron chi connectivity index (χ1n) is 10.4. The summed E-state index contributed by atoms with van der Waals surface area (Å²) in [5.74, 6) is -3.63. The monoisotopic (exact) mass is 459 g/mol. The van der Waals surface area contributed by atoms with Gasteiger partial charge in [0.1, 0.15) is 12.1 Å². The molecule has 0 aliphatic carbocycles. The number of hydrogen-bond acceptors (Lipinski definition) is 7. The third-order valence-corrected chi connectivity index (χ3v) is 4.94. The van der Waals surface area contributed by atoms with Crippen LogP contribution in [0.15, 0.2) is 4.99 Å². The summed E-state index contributed by atoms with van der Waals surface area (Å²) in [5.41, 5.74) is 16.5. The van der Waals surface area contributed by atoms with E-state index in [1.54, 1.807) is 0 Å². The Labute approximate surface area is 187 Å². The van der Waals surface area contributed by atoms with Crippen molar-refractivity contribution in [1.82, 2.24) is 16.0 Å². The molecular weight excluding hydrogens is 422 g/mol. The van der Waals surface area contributed by atoms with Crippen molar-refractivity contribution in [2.75, 3.05) is 6.54 Å². The van der Waals surface area contributed by atoms with E-state index in [2.05, 4.69) is 20.9 Å². The summed E-state index contributed by atoms with van der Waals surface area (Å²) in [5, 5.41) is 25.7. The summed E-state index contributed by atoms with van der Waals surface area (Å²) >= 11 is 0. The number of aliphatic carboxylic acids is 1. The molecule has 184 valence electrons. The van der Waals surface area contributed by atoms with Crippen molar-refractivity contribution < 1.29 is 29.4 Å². The van der Waals surface area contributed by atoms with Gasteiger partial charge in [-0.15, -0.1) is 0 Å². The molecule has 0 aromatic heterocycles. The maximum absolute atomic E-state index is 12.7. The Balaban J connectivity index is 5.23. The van der Waals surface area contributed by atoms with Gasteiger partial charge in [-0.3, -0.25) is 19.4 Å². The van der Waals surface area contributed by atoms with Gasteiger partial charge in [-0.05, 0) is 32.6 Å². The average Bonchev–Trinajstić information content (AvgIpc) is 2.71. The molecule has 0 fully saturated rings. The molecule has 13 heteroatoms. The number of carboxylic acids is 1. The maximum atomic E-state index is 12.7. The number of aliphatic imine (C=N–C) groups is 1. The van der Waals surface area contributed by atoms with E-state index in [-0.39, 0.29) is 24.8 Å². The van der Waals surface area contributed by atoms with E-state index in [9.17, 15) is 24.3 Å². The van der Waals surface area contributed by atoms with E-state index in [1.165, 1.54) is 13.8 Å². The molecule has 0 rings (SSSR count). The highest BCUT2D eigenvalue weighted by atomic mass is 16.4. The normalized spacial score (nSPS) is 16.4. The van der Waals surface area contributed by atoms with Crippen LogP contribution in [0.4, 0.5) is 0 Å². The van der Waals surface area contributed by atoms with E-state index >= 15 is 0 Å². The molecule has 32 heavy (non-hydrogen) atoms. The molecule has 11 N–H and O–H groups in total. The molecule has 0 aliphatic heterocycles. The Morgan fingerprint density at radius 1 is 0.969 bits per heavy atom. The van der Waals surface area contributed by atoms with E-state index < -0.39 is 54.0 Å². The lowest BCUT2D eigenvalue weighted by molar-refractivity contribution is -0.145. The molecule has 0 saturated carbocycles. The fraction of sp³-hybridized carbons (Fsp3) is 0.737. The first-order chi connectivity index (χ1) is 14.8. The summed E-state index contributed by atoms with van der Waals surface area (Å²) in [6.07, 6.45) is -0.148. The molecule has 0 aromatic carbocycles. The lowest BCUT2D eigenvalue weighted by atomic mass is 9.98. The van der Waals surface area contributed by atoms with Gasteiger partial charge >= 0.3 is 5.97 Å². The number of amides is 3. The fourth-order valence-corrected chi connectivity index (χ4v) is 2.60. The number of nitrogens with zero attached hydrogens (tertiary/aromatic N) is 1. The molecule has 13 nitrogen and oxygen atoms in total. The highest BCUT2D eigenvalue weighted by molar-refractivity contribution is 5.94. The van der Waals surface area contributed by atoms with Crippen LogP contribution in [-0.2, 0) is 19.2 Å². The summed E-state index contributed by atoms with van der Waals surface area (Å²) in [6.45, 7) is 6.48. The zero-order chi connectivity index (χ0) is 25.0. The number of nitrogens with one attached hydrogen (secondary N) is 3. The van der Waals surface area contributed by atoms with Gasteiger partial charge in [0.2, 0.25) is 17.7 Å². The Morgan fingerprint density at radius 2 is 1.56 bits per heavy atom. The van der Waals surface area contributed by atoms with Crippen LogP contribution in [0.2, 0.25) is 0 Å². The number of nitrogens with two attached hydrogens (primary N) is 3. The van der Waals surface area contributed by atoms with Crippen molar-refractivity contribution in [2.24, 2.45) is 28.1 Å². The van der Waals surface area contributed by atoms with E-state index in [4.69, 9.17) is 22.3 Å². The van der Waals surface area contributed by atoms with Crippen LogP contribution in [0, 0.1) is 5.92 Å². The van der Waals surface area contributed by atoms with E-state index in [0.717, 1.165) is 0 Å². The van der Waals surface area contributed by atoms with Crippen LogP contribution in [0.1, 0.15) is 47.0 Å². The number of carbonyl (C=O) groups is 4. The van der Waals surface area contributed by atoms with Gasteiger partial charge in [0.15, 0.2) is 12.0 Å². The number of rotatable bonds is 14. The minimum absolute atomic E-state index is 0.106. The quantitative estimate of drug-likeness (QED) is 0.0768.